The molecule has 1 N–H and O–H groups in total. The van der Waals surface area contributed by atoms with Crippen LogP contribution in [0.2, 0.25) is 0 Å². The first-order chi connectivity index (χ1) is 9.95. The molecule has 0 aliphatic carbocycles. The van der Waals surface area contributed by atoms with Crippen LogP contribution in [-0.2, 0) is 7.05 Å². The lowest BCUT2D eigenvalue weighted by molar-refractivity contribution is 0.828. The average molecular weight is 282 g/mol. The first-order valence-corrected chi connectivity index (χ1v) is 7.49. The van der Waals surface area contributed by atoms with Crippen LogP contribution in [0.15, 0.2) is 24.4 Å². The van der Waals surface area contributed by atoms with Gasteiger partial charge in [0.15, 0.2) is 11.5 Å². The molecule has 0 saturated heterocycles. The van der Waals surface area contributed by atoms with E-state index in [2.05, 4.69) is 78.7 Å². The highest BCUT2D eigenvalue weighted by atomic mass is 15.0. The van der Waals surface area contributed by atoms with Crippen molar-refractivity contribution in [3.63, 3.8) is 0 Å². The predicted octanol–water partition coefficient (Wildman–Crippen LogP) is 4.21. The molecule has 3 aromatic heterocycles. The molecule has 110 valence electrons. The van der Waals surface area contributed by atoms with Crippen molar-refractivity contribution in [1.82, 2.24) is 19.5 Å². The number of pyridine rings is 1. The SMILES string of the molecule is CC(C)c1cc(-c2nc3nc(C(C)C)ccc3[nH]2)n(C)c1. The minimum atomic E-state index is 0.414. The molecule has 0 saturated carbocycles. The van der Waals surface area contributed by atoms with Gasteiger partial charge in [-0.2, -0.15) is 0 Å². The second-order valence-corrected chi connectivity index (χ2v) is 6.27. The molecule has 3 aromatic rings. The summed E-state index contributed by atoms with van der Waals surface area (Å²) in [6.07, 6.45) is 2.17. The van der Waals surface area contributed by atoms with E-state index < -0.39 is 0 Å². The summed E-state index contributed by atoms with van der Waals surface area (Å²) in [5, 5.41) is 0. The standard InChI is InChI=1S/C17H22N4/c1-10(2)12-8-15(21(5)9-12)17-19-14-7-6-13(11(3)4)18-16(14)20-17/h6-11H,1-5H3,(H,18,19,20). The number of fused-ring (bicyclic) bond motifs is 1. The van der Waals surface area contributed by atoms with E-state index in [0.29, 0.717) is 11.8 Å². The van der Waals surface area contributed by atoms with Crippen molar-refractivity contribution in [3.8, 4) is 11.5 Å². The van der Waals surface area contributed by atoms with Crippen molar-refractivity contribution in [2.45, 2.75) is 39.5 Å². The van der Waals surface area contributed by atoms with Crippen molar-refractivity contribution in [2.75, 3.05) is 0 Å². The molecule has 0 atom stereocenters. The van der Waals surface area contributed by atoms with Gasteiger partial charge in [0.05, 0.1) is 11.2 Å². The Labute approximate surface area is 125 Å². The Balaban J connectivity index is 2.08. The smallest absolute Gasteiger partial charge is 0.178 e. The van der Waals surface area contributed by atoms with Crippen LogP contribution in [0, 0.1) is 0 Å². The van der Waals surface area contributed by atoms with Crippen molar-refractivity contribution in [2.24, 2.45) is 7.05 Å². The summed E-state index contributed by atoms with van der Waals surface area (Å²) in [7, 11) is 2.06. The first-order valence-electron chi connectivity index (χ1n) is 7.49. The van der Waals surface area contributed by atoms with Crippen molar-refractivity contribution in [1.29, 1.82) is 0 Å². The number of aryl methyl sites for hydroxylation is 1. The van der Waals surface area contributed by atoms with Gasteiger partial charge in [0, 0.05) is 18.9 Å². The maximum absolute atomic E-state index is 4.67. The largest absolute Gasteiger partial charge is 0.348 e. The van der Waals surface area contributed by atoms with E-state index in [1.807, 2.05) is 0 Å². The number of hydrogen-bond donors (Lipinski definition) is 1. The lowest BCUT2D eigenvalue weighted by atomic mass is 10.1. The fourth-order valence-electron chi connectivity index (χ4n) is 2.49. The second-order valence-electron chi connectivity index (χ2n) is 6.27. The molecular formula is C17H22N4. The Kier molecular flexibility index (Phi) is 3.32. The van der Waals surface area contributed by atoms with Crippen LogP contribution in [0.3, 0.4) is 0 Å². The number of nitrogens with one attached hydrogen (secondary N) is 1. The number of imidazole rings is 1. The summed E-state index contributed by atoms with van der Waals surface area (Å²) in [5.41, 5.74) is 5.28. The number of hydrogen-bond acceptors (Lipinski definition) is 2. The third-order valence-corrected chi connectivity index (χ3v) is 3.89. The van der Waals surface area contributed by atoms with Crippen molar-refractivity contribution in [3.05, 3.63) is 35.7 Å². The monoisotopic (exact) mass is 282 g/mol. The van der Waals surface area contributed by atoms with E-state index in [-0.39, 0.29) is 0 Å². The Morgan fingerprint density at radius 3 is 2.43 bits per heavy atom. The van der Waals surface area contributed by atoms with Gasteiger partial charge in [-0.15, -0.1) is 0 Å². The highest BCUT2D eigenvalue weighted by Crippen LogP contribution is 2.25. The van der Waals surface area contributed by atoms with Gasteiger partial charge in [-0.25, -0.2) is 9.97 Å². The Hall–Kier alpha value is -2.10. The normalized spacial score (nSPS) is 12.0. The van der Waals surface area contributed by atoms with Crippen LogP contribution < -0.4 is 0 Å². The summed E-state index contributed by atoms with van der Waals surface area (Å²) >= 11 is 0. The third-order valence-electron chi connectivity index (χ3n) is 3.89. The Morgan fingerprint density at radius 1 is 1.05 bits per heavy atom. The van der Waals surface area contributed by atoms with E-state index in [1.165, 1.54) is 5.56 Å². The lowest BCUT2D eigenvalue weighted by Crippen LogP contribution is -1.92. The highest BCUT2D eigenvalue weighted by Gasteiger charge is 2.13. The Bertz CT molecular complexity index is 777. The van der Waals surface area contributed by atoms with Gasteiger partial charge >= 0.3 is 0 Å². The molecule has 0 aliphatic heterocycles. The lowest BCUT2D eigenvalue weighted by Gasteiger charge is -2.01. The van der Waals surface area contributed by atoms with Crippen LogP contribution in [0.25, 0.3) is 22.7 Å². The molecule has 0 unspecified atom stereocenters. The number of rotatable bonds is 3. The maximum atomic E-state index is 4.67. The molecule has 0 amide bonds. The zero-order valence-electron chi connectivity index (χ0n) is 13.3. The molecule has 0 radical (unpaired) electrons. The van der Waals surface area contributed by atoms with Gasteiger partial charge in [-0.1, -0.05) is 27.7 Å². The average Bonchev–Trinajstić information content (AvgIpc) is 3.00. The fraction of sp³-hybridized carbons (Fsp3) is 0.412. The summed E-state index contributed by atoms with van der Waals surface area (Å²) in [5.74, 6) is 1.81. The van der Waals surface area contributed by atoms with E-state index in [9.17, 15) is 0 Å². The molecule has 4 nitrogen and oxygen atoms in total. The molecule has 0 aliphatic rings. The van der Waals surface area contributed by atoms with Crippen LogP contribution in [-0.4, -0.2) is 19.5 Å². The van der Waals surface area contributed by atoms with E-state index in [1.54, 1.807) is 0 Å². The minimum absolute atomic E-state index is 0.414. The molecule has 3 rings (SSSR count). The molecule has 3 heterocycles. The molecular weight excluding hydrogens is 260 g/mol. The molecule has 0 bridgehead atoms. The van der Waals surface area contributed by atoms with Gasteiger partial charge in [0.25, 0.3) is 0 Å². The van der Waals surface area contributed by atoms with E-state index in [0.717, 1.165) is 28.4 Å². The molecule has 4 heteroatoms. The molecule has 0 aromatic carbocycles. The first kappa shape index (κ1) is 13.9. The quantitative estimate of drug-likeness (QED) is 0.782. The van der Waals surface area contributed by atoms with Crippen molar-refractivity contribution < 1.29 is 0 Å². The van der Waals surface area contributed by atoms with Crippen LogP contribution in [0.1, 0.15) is 50.8 Å². The summed E-state index contributed by atoms with van der Waals surface area (Å²) in [4.78, 5) is 12.7. The van der Waals surface area contributed by atoms with Crippen LogP contribution in [0.5, 0.6) is 0 Å². The summed E-state index contributed by atoms with van der Waals surface area (Å²) in [6, 6.07) is 6.34. The van der Waals surface area contributed by atoms with E-state index >= 15 is 0 Å². The summed E-state index contributed by atoms with van der Waals surface area (Å²) in [6.45, 7) is 8.70. The zero-order valence-corrected chi connectivity index (χ0v) is 13.3. The van der Waals surface area contributed by atoms with Crippen molar-refractivity contribution >= 4 is 11.2 Å². The van der Waals surface area contributed by atoms with Gasteiger partial charge in [0.2, 0.25) is 0 Å². The van der Waals surface area contributed by atoms with Gasteiger partial charge < -0.3 is 9.55 Å². The maximum Gasteiger partial charge on any atom is 0.178 e. The van der Waals surface area contributed by atoms with Gasteiger partial charge in [0.1, 0.15) is 0 Å². The Morgan fingerprint density at radius 2 is 1.81 bits per heavy atom. The summed E-state index contributed by atoms with van der Waals surface area (Å²) < 4.78 is 2.12. The third kappa shape index (κ3) is 2.46. The topological polar surface area (TPSA) is 46.5 Å². The second kappa shape index (κ2) is 5.02. The minimum Gasteiger partial charge on any atom is -0.348 e. The van der Waals surface area contributed by atoms with Gasteiger partial charge in [-0.3, -0.25) is 0 Å². The number of aromatic nitrogens is 4. The fourth-order valence-corrected chi connectivity index (χ4v) is 2.49. The van der Waals surface area contributed by atoms with Crippen LogP contribution >= 0.6 is 0 Å². The number of H-pyrrole nitrogens is 1. The number of nitrogens with zero attached hydrogens (tertiary/aromatic N) is 3. The molecule has 21 heavy (non-hydrogen) atoms. The van der Waals surface area contributed by atoms with E-state index in [4.69, 9.17) is 0 Å². The highest BCUT2D eigenvalue weighted by molar-refractivity contribution is 5.75. The zero-order chi connectivity index (χ0) is 15.1. The predicted molar refractivity (Wildman–Crippen MR) is 86.5 cm³/mol. The molecule has 0 spiro atoms. The molecule has 0 fully saturated rings. The van der Waals surface area contributed by atoms with Gasteiger partial charge in [-0.05, 0) is 35.6 Å². The number of aromatic amines is 1. The van der Waals surface area contributed by atoms with Crippen LogP contribution in [0.4, 0.5) is 0 Å².